The topological polar surface area (TPSA) is 118 Å². The van der Waals surface area contributed by atoms with Gasteiger partial charge in [-0.25, -0.2) is 13.2 Å². The third kappa shape index (κ3) is 2.70. The molecule has 2 aromatic carbocycles. The first-order valence-corrected chi connectivity index (χ1v) is 10.3. The molecule has 1 unspecified atom stereocenters. The molecule has 0 radical (unpaired) electrons. The molecule has 0 bridgehead atoms. The van der Waals surface area contributed by atoms with Crippen molar-refractivity contribution in [2.45, 2.75) is 17.5 Å². The number of carbonyl (C=O) groups excluding carboxylic acids is 2. The highest BCUT2D eigenvalue weighted by Crippen LogP contribution is 2.41. The molecule has 1 atom stereocenters. The molecule has 0 saturated heterocycles. The van der Waals surface area contributed by atoms with E-state index in [1.165, 1.54) is 12.1 Å². The summed E-state index contributed by atoms with van der Waals surface area (Å²) in [5, 5.41) is 0. The van der Waals surface area contributed by atoms with Crippen LogP contribution >= 0.6 is 0 Å². The molecular weight excluding hydrogens is 418 g/mol. The number of ketones is 1. The molecule has 3 aliphatic rings. The summed E-state index contributed by atoms with van der Waals surface area (Å²) in [5.41, 5.74) is 0.366. The van der Waals surface area contributed by atoms with Crippen molar-refractivity contribution in [2.24, 2.45) is 0 Å². The molecule has 11 heteroatoms. The predicted octanol–water partition coefficient (Wildman–Crippen LogP) is 1.07. The molecule has 0 N–H and O–H groups in total. The summed E-state index contributed by atoms with van der Waals surface area (Å²) in [4.78, 5) is 25.3. The van der Waals surface area contributed by atoms with Crippen molar-refractivity contribution in [1.82, 2.24) is 4.31 Å². The Morgan fingerprint density at radius 2 is 1.67 bits per heavy atom. The summed E-state index contributed by atoms with van der Waals surface area (Å²) >= 11 is 0. The van der Waals surface area contributed by atoms with E-state index in [0.29, 0.717) is 17.1 Å². The number of rotatable bonds is 3. The van der Waals surface area contributed by atoms with E-state index in [4.69, 9.17) is 23.7 Å². The number of methoxy groups -OCH3 is 1. The smallest absolute Gasteiger partial charge is 0.332 e. The number of carbonyl (C=O) groups is 2. The highest BCUT2D eigenvalue weighted by molar-refractivity contribution is 7.89. The standard InChI is InChI=1S/C19H15NO9S/c1-25-19(22)17-18(21)11-5-14-15(29-9-28-14)6-16(11)30(23,24)20(17)7-10-2-3-12-13(4-10)27-8-26-12/h2-6,17H,7-9H2,1H3. The van der Waals surface area contributed by atoms with Crippen molar-refractivity contribution >= 4 is 21.8 Å². The molecule has 5 rings (SSSR count). The number of hydrogen-bond donors (Lipinski definition) is 0. The fourth-order valence-corrected chi connectivity index (χ4v) is 5.33. The van der Waals surface area contributed by atoms with Crippen LogP contribution in [0.4, 0.5) is 0 Å². The predicted molar refractivity (Wildman–Crippen MR) is 98.0 cm³/mol. The number of ether oxygens (including phenoxy) is 5. The zero-order chi connectivity index (χ0) is 21.0. The monoisotopic (exact) mass is 433 g/mol. The number of Topliss-reactive ketones (excluding diaryl/α,β-unsaturated/α-hetero) is 1. The summed E-state index contributed by atoms with van der Waals surface area (Å²) in [6.07, 6.45) is 0. The average molecular weight is 433 g/mol. The first-order chi connectivity index (χ1) is 14.4. The Hall–Kier alpha value is -3.31. The highest BCUT2D eigenvalue weighted by atomic mass is 32.2. The van der Waals surface area contributed by atoms with Gasteiger partial charge < -0.3 is 23.7 Å². The minimum absolute atomic E-state index is 0.0601. The van der Waals surface area contributed by atoms with Crippen LogP contribution in [-0.2, 0) is 26.1 Å². The molecule has 0 fully saturated rings. The Morgan fingerprint density at radius 3 is 2.37 bits per heavy atom. The lowest BCUT2D eigenvalue weighted by molar-refractivity contribution is -0.143. The van der Waals surface area contributed by atoms with Crippen LogP contribution in [-0.4, -0.2) is 51.2 Å². The molecule has 3 heterocycles. The molecular formula is C19H15NO9S. The van der Waals surface area contributed by atoms with E-state index in [9.17, 15) is 18.0 Å². The number of nitrogens with zero attached hydrogens (tertiary/aromatic N) is 1. The molecule has 30 heavy (non-hydrogen) atoms. The number of sulfonamides is 1. The zero-order valence-electron chi connectivity index (χ0n) is 15.6. The minimum Gasteiger partial charge on any atom is -0.467 e. The molecule has 0 aromatic heterocycles. The quantitative estimate of drug-likeness (QED) is 0.517. The van der Waals surface area contributed by atoms with Crippen LogP contribution in [0.1, 0.15) is 15.9 Å². The molecule has 156 valence electrons. The Labute approximate surface area is 170 Å². The van der Waals surface area contributed by atoms with Gasteiger partial charge in [0.1, 0.15) is 0 Å². The van der Waals surface area contributed by atoms with Gasteiger partial charge in [0.15, 0.2) is 34.8 Å². The van der Waals surface area contributed by atoms with Gasteiger partial charge in [-0.15, -0.1) is 0 Å². The summed E-state index contributed by atoms with van der Waals surface area (Å²) in [7, 11) is -3.16. The first kappa shape index (κ1) is 18.7. The third-order valence-electron chi connectivity index (χ3n) is 5.06. The van der Waals surface area contributed by atoms with Crippen molar-refractivity contribution in [3.8, 4) is 23.0 Å². The van der Waals surface area contributed by atoms with Crippen LogP contribution in [0.5, 0.6) is 23.0 Å². The van der Waals surface area contributed by atoms with Gasteiger partial charge in [-0.3, -0.25) is 4.79 Å². The number of fused-ring (bicyclic) bond motifs is 3. The van der Waals surface area contributed by atoms with E-state index in [2.05, 4.69) is 0 Å². The second-order valence-corrected chi connectivity index (χ2v) is 8.59. The van der Waals surface area contributed by atoms with Crippen molar-refractivity contribution in [3.63, 3.8) is 0 Å². The lowest BCUT2D eigenvalue weighted by Crippen LogP contribution is -2.53. The van der Waals surface area contributed by atoms with E-state index in [1.807, 2.05) is 0 Å². The van der Waals surface area contributed by atoms with Crippen molar-refractivity contribution < 1.29 is 41.7 Å². The van der Waals surface area contributed by atoms with Crippen LogP contribution < -0.4 is 18.9 Å². The number of esters is 1. The summed E-state index contributed by atoms with van der Waals surface area (Å²) in [6.45, 7) is -0.281. The molecule has 3 aliphatic heterocycles. The Kier molecular flexibility index (Phi) is 4.12. The normalized spacial score (nSPS) is 20.7. The average Bonchev–Trinajstić information content (AvgIpc) is 3.39. The lowest BCUT2D eigenvalue weighted by atomic mass is 10.0. The van der Waals surface area contributed by atoms with Gasteiger partial charge in [-0.05, 0) is 23.8 Å². The number of benzene rings is 2. The summed E-state index contributed by atoms with van der Waals surface area (Å²) < 4.78 is 53.5. The maximum absolute atomic E-state index is 13.4. The van der Waals surface area contributed by atoms with Crippen LogP contribution in [0.2, 0.25) is 0 Å². The lowest BCUT2D eigenvalue weighted by Gasteiger charge is -2.33. The maximum Gasteiger partial charge on any atom is 0.332 e. The van der Waals surface area contributed by atoms with Crippen molar-refractivity contribution in [1.29, 1.82) is 0 Å². The summed E-state index contributed by atoms with van der Waals surface area (Å²) in [5.74, 6) is -0.251. The largest absolute Gasteiger partial charge is 0.467 e. The molecule has 0 saturated carbocycles. The van der Waals surface area contributed by atoms with E-state index in [1.54, 1.807) is 18.2 Å². The summed E-state index contributed by atoms with van der Waals surface area (Å²) in [6, 6.07) is 5.73. The Balaban J connectivity index is 1.62. The Bertz CT molecular complexity index is 1190. The molecule has 2 aromatic rings. The molecule has 0 spiro atoms. The second kappa shape index (κ2) is 6.61. The van der Waals surface area contributed by atoms with Crippen LogP contribution in [0, 0.1) is 0 Å². The van der Waals surface area contributed by atoms with Crippen LogP contribution in [0.15, 0.2) is 35.2 Å². The zero-order valence-corrected chi connectivity index (χ0v) is 16.4. The molecule has 10 nitrogen and oxygen atoms in total. The highest BCUT2D eigenvalue weighted by Gasteiger charge is 2.49. The van der Waals surface area contributed by atoms with Crippen LogP contribution in [0.25, 0.3) is 0 Å². The fourth-order valence-electron chi connectivity index (χ4n) is 3.60. The van der Waals surface area contributed by atoms with Crippen molar-refractivity contribution in [2.75, 3.05) is 20.7 Å². The van der Waals surface area contributed by atoms with Crippen molar-refractivity contribution in [3.05, 3.63) is 41.5 Å². The van der Waals surface area contributed by atoms with Crippen LogP contribution in [0.3, 0.4) is 0 Å². The number of hydrogen-bond acceptors (Lipinski definition) is 9. The molecule has 0 aliphatic carbocycles. The van der Waals surface area contributed by atoms with Gasteiger partial charge >= 0.3 is 5.97 Å². The fraction of sp³-hybridized carbons (Fsp3) is 0.263. The van der Waals surface area contributed by atoms with Gasteiger partial charge in [-0.2, -0.15) is 4.31 Å². The van der Waals surface area contributed by atoms with Gasteiger partial charge in [0.2, 0.25) is 23.6 Å². The van der Waals surface area contributed by atoms with Gasteiger partial charge in [-0.1, -0.05) is 6.07 Å². The van der Waals surface area contributed by atoms with Gasteiger partial charge in [0.25, 0.3) is 0 Å². The first-order valence-electron chi connectivity index (χ1n) is 8.86. The van der Waals surface area contributed by atoms with E-state index >= 15 is 0 Å². The van der Waals surface area contributed by atoms with E-state index < -0.39 is 27.8 Å². The minimum atomic E-state index is -4.25. The molecule has 0 amide bonds. The van der Waals surface area contributed by atoms with E-state index in [0.717, 1.165) is 11.4 Å². The Morgan fingerprint density at radius 1 is 1.03 bits per heavy atom. The van der Waals surface area contributed by atoms with Gasteiger partial charge in [0, 0.05) is 18.2 Å². The third-order valence-corrected chi connectivity index (χ3v) is 6.91. The van der Waals surface area contributed by atoms with Gasteiger partial charge in [0.05, 0.1) is 12.0 Å². The van der Waals surface area contributed by atoms with E-state index in [-0.39, 0.29) is 42.1 Å². The second-order valence-electron chi connectivity index (χ2n) is 6.73. The SMILES string of the molecule is COC(=O)C1C(=O)c2cc3c(cc2S(=O)(=O)N1Cc1ccc2c(c1)OCO2)OCO3. The maximum atomic E-state index is 13.4.